The summed E-state index contributed by atoms with van der Waals surface area (Å²) in [6.45, 7) is 11.6. The molecule has 0 bridgehead atoms. The molecule has 1 N–H and O–H groups in total. The lowest BCUT2D eigenvalue weighted by Gasteiger charge is -2.38. The zero-order chi connectivity index (χ0) is 18.5. The molecule has 3 fully saturated rings. The second-order valence-electron chi connectivity index (χ2n) is 8.19. The smallest absolute Gasteiger partial charge is 0.334 e. The number of fused-ring (bicyclic) bond motifs is 2. The number of hydrogen-bond donors (Lipinski definition) is 1. The van der Waals surface area contributed by atoms with Gasteiger partial charge in [0.2, 0.25) is 0 Å². The van der Waals surface area contributed by atoms with E-state index in [0.717, 1.165) is 0 Å². The number of ether oxygens (including phenoxy) is 2. The third kappa shape index (κ3) is 2.82. The monoisotopic (exact) mass is 348 g/mol. The molecule has 138 valence electrons. The van der Waals surface area contributed by atoms with Gasteiger partial charge < -0.3 is 14.6 Å². The minimum Gasteiger partial charge on any atom is -0.459 e. The van der Waals surface area contributed by atoms with Crippen LogP contribution in [0.1, 0.15) is 47.0 Å². The Morgan fingerprint density at radius 3 is 2.76 bits per heavy atom. The molecule has 25 heavy (non-hydrogen) atoms. The van der Waals surface area contributed by atoms with Gasteiger partial charge >= 0.3 is 11.9 Å². The largest absolute Gasteiger partial charge is 0.459 e. The molecule has 0 amide bonds. The molecule has 3 aliphatic rings. The molecule has 5 heteroatoms. The van der Waals surface area contributed by atoms with Crippen LogP contribution in [0, 0.1) is 23.2 Å². The molecule has 0 aromatic rings. The van der Waals surface area contributed by atoms with Crippen LogP contribution >= 0.6 is 0 Å². The summed E-state index contributed by atoms with van der Waals surface area (Å²) >= 11 is 0. The van der Waals surface area contributed by atoms with Gasteiger partial charge in [0.05, 0.1) is 6.10 Å². The molecule has 1 saturated heterocycles. The predicted molar refractivity (Wildman–Crippen MR) is 92.4 cm³/mol. The van der Waals surface area contributed by atoms with Gasteiger partial charge in [0.15, 0.2) is 0 Å². The third-order valence-electron chi connectivity index (χ3n) is 6.69. The van der Waals surface area contributed by atoms with E-state index in [1.165, 1.54) is 0 Å². The fourth-order valence-electron chi connectivity index (χ4n) is 5.17. The van der Waals surface area contributed by atoms with E-state index in [-0.39, 0.29) is 41.9 Å². The first-order chi connectivity index (χ1) is 11.7. The van der Waals surface area contributed by atoms with Crippen molar-refractivity contribution >= 4 is 11.9 Å². The quantitative estimate of drug-likeness (QED) is 0.614. The Kier molecular flexibility index (Phi) is 4.56. The van der Waals surface area contributed by atoms with Crippen LogP contribution in [0.3, 0.4) is 0 Å². The lowest BCUT2D eigenvalue weighted by atomic mass is 9.69. The number of carbonyl (C=O) groups is 2. The maximum absolute atomic E-state index is 12.2. The van der Waals surface area contributed by atoms with Crippen LogP contribution in [0.4, 0.5) is 0 Å². The van der Waals surface area contributed by atoms with Crippen molar-refractivity contribution in [1.29, 1.82) is 0 Å². The highest BCUT2D eigenvalue weighted by Crippen LogP contribution is 2.57. The van der Waals surface area contributed by atoms with Crippen molar-refractivity contribution in [2.24, 2.45) is 23.2 Å². The highest BCUT2D eigenvalue weighted by Gasteiger charge is 2.60. The summed E-state index contributed by atoms with van der Waals surface area (Å²) in [5.74, 6) is -0.501. The average Bonchev–Trinajstić information content (AvgIpc) is 2.89. The second-order valence-corrected chi connectivity index (χ2v) is 8.19. The van der Waals surface area contributed by atoms with E-state index in [4.69, 9.17) is 9.47 Å². The fourth-order valence-corrected chi connectivity index (χ4v) is 5.17. The number of carbonyl (C=O) groups excluding carboxylic acids is 2. The Labute approximate surface area is 149 Å². The summed E-state index contributed by atoms with van der Waals surface area (Å²) in [7, 11) is 0. The zero-order valence-corrected chi connectivity index (χ0v) is 15.5. The molecule has 7 atom stereocenters. The maximum atomic E-state index is 12.2. The Morgan fingerprint density at radius 2 is 2.12 bits per heavy atom. The SMILES string of the molecule is C=C1C(=O)O[C@H]2C[C@@H](C)[C@@H]3[C@@H](OC(=O)/C(C)=C/C)C[C@@H](O)[C@@]3(C)C[C@H]12. The van der Waals surface area contributed by atoms with Gasteiger partial charge in [-0.05, 0) is 32.6 Å². The highest BCUT2D eigenvalue weighted by atomic mass is 16.6. The first-order valence-electron chi connectivity index (χ1n) is 9.10. The van der Waals surface area contributed by atoms with Gasteiger partial charge in [0.1, 0.15) is 12.2 Å². The molecule has 0 unspecified atom stereocenters. The van der Waals surface area contributed by atoms with Crippen molar-refractivity contribution in [3.63, 3.8) is 0 Å². The normalized spacial score (nSPS) is 44.0. The van der Waals surface area contributed by atoms with Crippen molar-refractivity contribution in [2.45, 2.75) is 65.3 Å². The molecule has 0 spiro atoms. The summed E-state index contributed by atoms with van der Waals surface area (Å²) < 4.78 is 11.3. The van der Waals surface area contributed by atoms with E-state index in [2.05, 4.69) is 13.5 Å². The van der Waals surface area contributed by atoms with E-state index in [9.17, 15) is 14.7 Å². The highest BCUT2D eigenvalue weighted by molar-refractivity contribution is 5.90. The summed E-state index contributed by atoms with van der Waals surface area (Å²) in [5, 5.41) is 10.8. The minimum absolute atomic E-state index is 0.0354. The molecule has 0 aromatic heterocycles. The van der Waals surface area contributed by atoms with Gasteiger partial charge in [0.25, 0.3) is 0 Å². The molecular weight excluding hydrogens is 320 g/mol. The lowest BCUT2D eigenvalue weighted by molar-refractivity contribution is -0.148. The van der Waals surface area contributed by atoms with Crippen LogP contribution in [0.2, 0.25) is 0 Å². The van der Waals surface area contributed by atoms with Crippen molar-refractivity contribution in [3.05, 3.63) is 23.8 Å². The maximum Gasteiger partial charge on any atom is 0.334 e. The van der Waals surface area contributed by atoms with E-state index in [0.29, 0.717) is 30.4 Å². The number of aliphatic hydroxyl groups excluding tert-OH is 1. The molecule has 1 aliphatic heterocycles. The Balaban J connectivity index is 1.89. The molecule has 5 nitrogen and oxygen atoms in total. The molecular formula is C20H28O5. The standard InChI is InChI=1S/C20H28O5/c1-6-10(2)18(22)25-15-8-16(21)20(5)9-13-12(4)19(23)24-14(13)7-11(3)17(15)20/h6,11,13-17,21H,4,7-9H2,1-3,5H3/b10-6+/t11-,13-,14+,15+,16-,17-,20-/m1/s1. The van der Waals surface area contributed by atoms with Crippen LogP contribution in [0.15, 0.2) is 23.8 Å². The number of aliphatic hydroxyl groups is 1. The summed E-state index contributed by atoms with van der Waals surface area (Å²) in [6.07, 6.45) is 2.43. The molecule has 0 radical (unpaired) electrons. The van der Waals surface area contributed by atoms with Crippen LogP contribution in [0.25, 0.3) is 0 Å². The Hall–Kier alpha value is -1.62. The van der Waals surface area contributed by atoms with E-state index >= 15 is 0 Å². The van der Waals surface area contributed by atoms with Crippen LogP contribution < -0.4 is 0 Å². The van der Waals surface area contributed by atoms with Crippen LogP contribution in [0.5, 0.6) is 0 Å². The number of rotatable bonds is 2. The van der Waals surface area contributed by atoms with Crippen molar-refractivity contribution < 1.29 is 24.2 Å². The van der Waals surface area contributed by atoms with Gasteiger partial charge in [-0.15, -0.1) is 0 Å². The average molecular weight is 348 g/mol. The second kappa shape index (κ2) is 6.27. The van der Waals surface area contributed by atoms with Gasteiger partial charge in [-0.25, -0.2) is 9.59 Å². The summed E-state index contributed by atoms with van der Waals surface area (Å²) in [6, 6.07) is 0. The van der Waals surface area contributed by atoms with Crippen molar-refractivity contribution in [2.75, 3.05) is 0 Å². The summed E-state index contributed by atoms with van der Waals surface area (Å²) in [5.41, 5.74) is 0.657. The van der Waals surface area contributed by atoms with Gasteiger partial charge in [-0.3, -0.25) is 0 Å². The summed E-state index contributed by atoms with van der Waals surface area (Å²) in [4.78, 5) is 24.1. The molecule has 3 rings (SSSR count). The number of allylic oxidation sites excluding steroid dienone is 1. The Morgan fingerprint density at radius 1 is 1.44 bits per heavy atom. The first-order valence-corrected chi connectivity index (χ1v) is 9.10. The van der Waals surface area contributed by atoms with E-state index in [1.54, 1.807) is 19.9 Å². The van der Waals surface area contributed by atoms with E-state index < -0.39 is 11.5 Å². The lowest BCUT2D eigenvalue weighted by Crippen LogP contribution is -2.39. The molecule has 2 aliphatic carbocycles. The molecule has 1 heterocycles. The minimum atomic E-state index is -0.578. The zero-order valence-electron chi connectivity index (χ0n) is 15.5. The van der Waals surface area contributed by atoms with Crippen LogP contribution in [-0.2, 0) is 19.1 Å². The topological polar surface area (TPSA) is 72.8 Å². The Bertz CT molecular complexity index is 636. The van der Waals surface area contributed by atoms with Gasteiger partial charge in [-0.1, -0.05) is 26.5 Å². The van der Waals surface area contributed by atoms with Crippen molar-refractivity contribution in [3.8, 4) is 0 Å². The van der Waals surface area contributed by atoms with Gasteiger partial charge in [0, 0.05) is 34.8 Å². The van der Waals surface area contributed by atoms with E-state index in [1.807, 2.05) is 6.92 Å². The first kappa shape index (κ1) is 18.2. The molecule has 2 saturated carbocycles. The van der Waals surface area contributed by atoms with Crippen molar-refractivity contribution in [1.82, 2.24) is 0 Å². The third-order valence-corrected chi connectivity index (χ3v) is 6.69. The van der Waals surface area contributed by atoms with Gasteiger partial charge in [-0.2, -0.15) is 0 Å². The molecule has 0 aromatic carbocycles. The van der Waals surface area contributed by atoms with Crippen LogP contribution in [-0.4, -0.2) is 35.4 Å². The number of esters is 2. The fraction of sp³-hybridized carbons (Fsp3) is 0.700. The predicted octanol–water partition coefficient (Wildman–Crippen LogP) is 2.78. The number of hydrogen-bond acceptors (Lipinski definition) is 5.